The highest BCUT2D eigenvalue weighted by Crippen LogP contribution is 1.77. The summed E-state index contributed by atoms with van der Waals surface area (Å²) in [6, 6.07) is 0. The first-order chi connectivity index (χ1) is 3.41. The monoisotopic (exact) mass is 109 g/mol. The highest BCUT2D eigenvalue weighted by molar-refractivity contribution is 7.80. The number of rotatable bonds is 1. The topological polar surface area (TPSA) is 0 Å². The highest BCUT2D eigenvalue weighted by Gasteiger charge is 1.66. The van der Waals surface area contributed by atoms with Gasteiger partial charge in [0.05, 0.1) is 0 Å². The predicted molar refractivity (Wildman–Crippen MR) is 33.7 cm³/mol. The third-order valence-electron chi connectivity index (χ3n) is 0.388. The smallest absolute Gasteiger partial charge is 0.0198 e. The van der Waals surface area contributed by atoms with Gasteiger partial charge in [0, 0.05) is 12.2 Å². The van der Waals surface area contributed by atoms with Gasteiger partial charge in [-0.1, -0.05) is 18.5 Å². The lowest BCUT2D eigenvalue weighted by Gasteiger charge is -1.69. The van der Waals surface area contributed by atoms with Gasteiger partial charge >= 0.3 is 0 Å². The second-order valence-electron chi connectivity index (χ2n) is 0.900. The van der Waals surface area contributed by atoms with Crippen LogP contribution in [0.25, 0.3) is 0 Å². The molecule has 0 fully saturated rings. The van der Waals surface area contributed by atoms with Crippen LogP contribution in [0.15, 0.2) is 0 Å². The molecule has 0 aliphatic carbocycles. The van der Waals surface area contributed by atoms with E-state index in [9.17, 15) is 0 Å². The van der Waals surface area contributed by atoms with Crippen molar-refractivity contribution in [3.8, 4) is 24.2 Å². The van der Waals surface area contributed by atoms with Crippen molar-refractivity contribution in [3.63, 3.8) is 0 Å². The van der Waals surface area contributed by atoms with E-state index < -0.39 is 0 Å². The van der Waals surface area contributed by atoms with Crippen LogP contribution in [-0.4, -0.2) is 5.75 Å². The lowest BCUT2D eigenvalue weighted by atomic mass is 10.5. The Balaban J connectivity index is 3.13. The van der Waals surface area contributed by atoms with Crippen LogP contribution in [0, 0.1) is 24.2 Å². The van der Waals surface area contributed by atoms with E-state index in [1.54, 1.807) is 0 Å². The van der Waals surface area contributed by atoms with Gasteiger partial charge in [-0.25, -0.2) is 0 Å². The van der Waals surface area contributed by atoms with E-state index in [4.69, 9.17) is 6.42 Å². The summed E-state index contributed by atoms with van der Waals surface area (Å²) >= 11 is 4.59. The molecule has 0 nitrogen and oxygen atoms in total. The molecule has 0 rings (SSSR count). The van der Waals surface area contributed by atoms with Gasteiger partial charge in [-0.05, 0) is 11.8 Å². The van der Waals surface area contributed by atoms with Crippen molar-refractivity contribution < 1.29 is 0 Å². The van der Waals surface area contributed by atoms with Crippen molar-refractivity contribution in [3.05, 3.63) is 0 Å². The molecule has 0 bridgehead atoms. The Morgan fingerprint density at radius 2 is 2.29 bits per heavy atom. The molecule has 1 heteroatoms. The molecule has 0 unspecified atom stereocenters. The van der Waals surface area contributed by atoms with Crippen LogP contribution in [0.2, 0.25) is 0 Å². The summed E-state index contributed by atoms with van der Waals surface area (Å²) < 4.78 is 0. The second kappa shape index (κ2) is 5.47. The first-order valence-electron chi connectivity index (χ1n) is 1.93. The summed E-state index contributed by atoms with van der Waals surface area (Å²) in [4.78, 5) is 0. The predicted octanol–water partition coefficient (Wildman–Crippen LogP) is 1.21. The van der Waals surface area contributed by atoms with Crippen LogP contribution < -0.4 is 0 Å². The maximum Gasteiger partial charge on any atom is 0.0198 e. The molecule has 0 N–H and O–H groups in total. The first-order valence-corrected chi connectivity index (χ1v) is 2.51. The van der Waals surface area contributed by atoms with E-state index in [0.717, 1.165) is 6.42 Å². The van der Waals surface area contributed by atoms with E-state index in [0.29, 0.717) is 5.75 Å². The molecule has 0 aromatic rings. The Bertz CT molecular complexity index is 119. The van der Waals surface area contributed by atoms with E-state index in [2.05, 4.69) is 30.4 Å². The van der Waals surface area contributed by atoms with Crippen LogP contribution in [-0.2, 0) is 0 Å². The highest BCUT2D eigenvalue weighted by atomic mass is 32.1. The van der Waals surface area contributed by atoms with Crippen LogP contribution in [0.5, 0.6) is 0 Å². The molecule has 0 heterocycles. The number of terminal acetylenes is 1. The Labute approximate surface area is 49.7 Å². The Kier molecular flexibility index (Phi) is 5.06. The molecule has 7 heavy (non-hydrogen) atoms. The third kappa shape index (κ3) is 5.47. The molecule has 35 valence electrons. The van der Waals surface area contributed by atoms with Crippen molar-refractivity contribution in [2.45, 2.75) is 6.42 Å². The zero-order valence-corrected chi connectivity index (χ0v) is 4.72. The standard InChI is InChI=1S/C6H5S/c1-2-3-4-5-6-7/h1H,5-6H2. The zero-order valence-electron chi connectivity index (χ0n) is 3.90. The van der Waals surface area contributed by atoms with Gasteiger partial charge < -0.3 is 0 Å². The molecule has 0 atom stereocenters. The summed E-state index contributed by atoms with van der Waals surface area (Å²) in [6.45, 7) is 0. The summed E-state index contributed by atoms with van der Waals surface area (Å²) in [5, 5.41) is 0. The zero-order chi connectivity index (χ0) is 5.54. The van der Waals surface area contributed by atoms with Gasteiger partial charge in [0.25, 0.3) is 0 Å². The maximum atomic E-state index is 4.81. The van der Waals surface area contributed by atoms with Gasteiger partial charge in [0.1, 0.15) is 0 Å². The lowest BCUT2D eigenvalue weighted by molar-refractivity contribution is 1.31. The van der Waals surface area contributed by atoms with Crippen LogP contribution in [0.1, 0.15) is 6.42 Å². The average molecular weight is 109 g/mol. The molecule has 0 aromatic carbocycles. The average Bonchev–Trinajstić information content (AvgIpc) is 1.69. The Hall–Kier alpha value is -0.530. The number of hydrogen-bond donors (Lipinski definition) is 0. The van der Waals surface area contributed by atoms with Crippen LogP contribution in [0.4, 0.5) is 0 Å². The van der Waals surface area contributed by atoms with Crippen molar-refractivity contribution in [1.82, 2.24) is 0 Å². The van der Waals surface area contributed by atoms with E-state index in [1.165, 1.54) is 0 Å². The Morgan fingerprint density at radius 3 is 2.71 bits per heavy atom. The normalized spacial score (nSPS) is 5.71. The summed E-state index contributed by atoms with van der Waals surface area (Å²) in [5.41, 5.74) is 0. The molecule has 0 aliphatic rings. The molecule has 0 amide bonds. The largest absolute Gasteiger partial charge is 0.106 e. The second-order valence-corrected chi connectivity index (χ2v) is 1.31. The molecule has 0 saturated heterocycles. The van der Waals surface area contributed by atoms with Crippen molar-refractivity contribution >= 4 is 12.6 Å². The van der Waals surface area contributed by atoms with Crippen molar-refractivity contribution in [1.29, 1.82) is 0 Å². The quantitative estimate of drug-likeness (QED) is 0.444. The Morgan fingerprint density at radius 1 is 1.57 bits per heavy atom. The SMILES string of the molecule is C#CC#CCC[S]. The lowest BCUT2D eigenvalue weighted by Crippen LogP contribution is -1.64. The summed E-state index contributed by atoms with van der Waals surface area (Å²) in [7, 11) is 0. The minimum atomic E-state index is 0.675. The fourth-order valence-corrected chi connectivity index (χ4v) is 0.267. The first kappa shape index (κ1) is 6.47. The minimum Gasteiger partial charge on any atom is -0.106 e. The molecular formula is C6H5S. The van der Waals surface area contributed by atoms with Crippen molar-refractivity contribution in [2.75, 3.05) is 5.75 Å². The molecular weight excluding hydrogens is 104 g/mol. The van der Waals surface area contributed by atoms with Gasteiger partial charge in [-0.15, -0.1) is 6.42 Å². The van der Waals surface area contributed by atoms with Crippen LogP contribution in [0.3, 0.4) is 0 Å². The molecule has 1 radical (unpaired) electrons. The number of hydrogen-bond acceptors (Lipinski definition) is 0. The third-order valence-corrected chi connectivity index (χ3v) is 0.592. The molecule has 0 aromatic heterocycles. The summed E-state index contributed by atoms with van der Waals surface area (Å²) in [6.07, 6.45) is 5.55. The van der Waals surface area contributed by atoms with Crippen molar-refractivity contribution in [2.24, 2.45) is 0 Å². The van der Waals surface area contributed by atoms with E-state index >= 15 is 0 Å². The van der Waals surface area contributed by atoms with Crippen LogP contribution >= 0.6 is 12.6 Å². The van der Waals surface area contributed by atoms with E-state index in [-0.39, 0.29) is 0 Å². The van der Waals surface area contributed by atoms with Gasteiger partial charge in [-0.3, -0.25) is 0 Å². The molecule has 0 saturated carbocycles. The molecule has 0 aliphatic heterocycles. The minimum absolute atomic E-state index is 0.675. The fourth-order valence-electron chi connectivity index (χ4n) is 0.165. The molecule has 0 spiro atoms. The maximum absolute atomic E-state index is 4.81. The van der Waals surface area contributed by atoms with Gasteiger partial charge in [-0.2, -0.15) is 0 Å². The van der Waals surface area contributed by atoms with Gasteiger partial charge in [0.15, 0.2) is 0 Å². The van der Waals surface area contributed by atoms with Gasteiger partial charge in [0.2, 0.25) is 0 Å². The summed E-state index contributed by atoms with van der Waals surface area (Å²) in [5.74, 6) is 8.03. The fraction of sp³-hybridized carbons (Fsp3) is 0.333. The van der Waals surface area contributed by atoms with E-state index in [1.807, 2.05) is 0 Å².